The molecule has 0 atom stereocenters. The number of rotatable bonds is 2. The van der Waals surface area contributed by atoms with Gasteiger partial charge in [-0.1, -0.05) is 11.6 Å². The minimum absolute atomic E-state index is 0.447. The fourth-order valence-electron chi connectivity index (χ4n) is 1.87. The van der Waals surface area contributed by atoms with Crippen LogP contribution >= 0.6 is 23.2 Å². The second-order valence-corrected chi connectivity index (χ2v) is 4.49. The van der Waals surface area contributed by atoms with Gasteiger partial charge in [0.05, 0.1) is 5.02 Å². The molecule has 0 bridgehead atoms. The molecule has 1 fully saturated rings. The van der Waals surface area contributed by atoms with Crippen LogP contribution in [0.25, 0.3) is 0 Å². The number of nitrogens with zero attached hydrogens (tertiary/aromatic N) is 2. The largest absolute Gasteiger partial charge is 0.357 e. The summed E-state index contributed by atoms with van der Waals surface area (Å²) < 4.78 is 0. The summed E-state index contributed by atoms with van der Waals surface area (Å²) in [6, 6.07) is 2.00. The fraction of sp³-hybridized carbons (Fsp3) is 0.545. The van der Waals surface area contributed by atoms with Gasteiger partial charge in [0.1, 0.15) is 5.82 Å². The first-order chi connectivity index (χ1) is 7.31. The smallest absolute Gasteiger partial charge is 0.128 e. The minimum Gasteiger partial charge on any atom is -0.357 e. The van der Waals surface area contributed by atoms with Crippen molar-refractivity contribution < 1.29 is 0 Å². The van der Waals surface area contributed by atoms with E-state index >= 15 is 0 Å². The maximum atomic E-state index is 5.97. The molecule has 15 heavy (non-hydrogen) atoms. The monoisotopic (exact) mass is 244 g/mol. The van der Waals surface area contributed by atoms with Gasteiger partial charge in [0.2, 0.25) is 0 Å². The van der Waals surface area contributed by atoms with Gasteiger partial charge >= 0.3 is 0 Å². The van der Waals surface area contributed by atoms with Crippen LogP contribution in [0.5, 0.6) is 0 Å². The third kappa shape index (κ3) is 2.56. The molecule has 1 aliphatic rings. The summed E-state index contributed by atoms with van der Waals surface area (Å²) in [7, 11) is 0. The molecule has 1 aromatic heterocycles. The molecule has 1 aliphatic heterocycles. The highest BCUT2D eigenvalue weighted by atomic mass is 35.5. The Hall–Kier alpha value is -0.470. The molecule has 0 aliphatic carbocycles. The molecule has 0 radical (unpaired) electrons. The van der Waals surface area contributed by atoms with E-state index in [0.29, 0.717) is 10.9 Å². The molecule has 0 unspecified atom stereocenters. The summed E-state index contributed by atoms with van der Waals surface area (Å²) in [5.74, 6) is 1.46. The average Bonchev–Trinajstić information content (AvgIpc) is 2.31. The van der Waals surface area contributed by atoms with Crippen molar-refractivity contribution in [1.82, 2.24) is 4.98 Å². The van der Waals surface area contributed by atoms with Gasteiger partial charge in [-0.15, -0.1) is 11.6 Å². The van der Waals surface area contributed by atoms with Crippen LogP contribution < -0.4 is 4.90 Å². The average molecular weight is 245 g/mol. The van der Waals surface area contributed by atoms with Crippen LogP contribution in [-0.2, 0) is 5.88 Å². The van der Waals surface area contributed by atoms with Crippen molar-refractivity contribution in [2.75, 3.05) is 18.0 Å². The first kappa shape index (κ1) is 11.0. The van der Waals surface area contributed by atoms with Crippen LogP contribution in [0, 0.1) is 0 Å². The lowest BCUT2D eigenvalue weighted by atomic mass is 10.1. The standard InChI is InChI=1S/C11H14Cl2N2/c12-7-9-6-11(14-8-10(9)13)15-4-2-1-3-5-15/h6,8H,1-5,7H2. The van der Waals surface area contributed by atoms with Crippen LogP contribution in [0.4, 0.5) is 5.82 Å². The van der Waals surface area contributed by atoms with Gasteiger partial charge in [-0.05, 0) is 30.9 Å². The van der Waals surface area contributed by atoms with E-state index in [1.807, 2.05) is 6.07 Å². The first-order valence-corrected chi connectivity index (χ1v) is 6.18. The highest BCUT2D eigenvalue weighted by molar-refractivity contribution is 6.32. The van der Waals surface area contributed by atoms with Crippen molar-refractivity contribution >= 4 is 29.0 Å². The molecule has 82 valence electrons. The van der Waals surface area contributed by atoms with E-state index in [9.17, 15) is 0 Å². The molecule has 0 N–H and O–H groups in total. The Bertz CT molecular complexity index is 335. The summed E-state index contributed by atoms with van der Waals surface area (Å²) in [5.41, 5.74) is 0.967. The van der Waals surface area contributed by atoms with Gasteiger partial charge in [-0.3, -0.25) is 0 Å². The number of alkyl halides is 1. The molecule has 0 saturated carbocycles. The highest BCUT2D eigenvalue weighted by Crippen LogP contribution is 2.23. The Kier molecular flexibility index (Phi) is 3.71. The maximum absolute atomic E-state index is 5.97. The maximum Gasteiger partial charge on any atom is 0.128 e. The van der Waals surface area contributed by atoms with E-state index in [2.05, 4.69) is 9.88 Å². The predicted octanol–water partition coefficient (Wildman–Crippen LogP) is 3.46. The SMILES string of the molecule is ClCc1cc(N2CCCCC2)ncc1Cl. The minimum atomic E-state index is 0.447. The van der Waals surface area contributed by atoms with Crippen LogP contribution in [0.1, 0.15) is 24.8 Å². The summed E-state index contributed by atoms with van der Waals surface area (Å²) in [5, 5.41) is 0.658. The molecule has 2 heterocycles. The Morgan fingerprint density at radius 2 is 2.00 bits per heavy atom. The molecule has 1 saturated heterocycles. The number of pyridine rings is 1. The van der Waals surface area contributed by atoms with Crippen molar-refractivity contribution in [3.05, 3.63) is 22.8 Å². The number of piperidine rings is 1. The zero-order chi connectivity index (χ0) is 10.7. The second-order valence-electron chi connectivity index (χ2n) is 3.82. The van der Waals surface area contributed by atoms with E-state index in [4.69, 9.17) is 23.2 Å². The van der Waals surface area contributed by atoms with E-state index < -0.39 is 0 Å². The number of anilines is 1. The lowest BCUT2D eigenvalue weighted by Gasteiger charge is -2.28. The Morgan fingerprint density at radius 1 is 1.27 bits per heavy atom. The lowest BCUT2D eigenvalue weighted by Crippen LogP contribution is -2.30. The quantitative estimate of drug-likeness (QED) is 0.741. The van der Waals surface area contributed by atoms with Crippen molar-refractivity contribution in [2.24, 2.45) is 0 Å². The molecule has 1 aromatic rings. The van der Waals surface area contributed by atoms with Crippen molar-refractivity contribution in [3.8, 4) is 0 Å². The molecule has 4 heteroatoms. The lowest BCUT2D eigenvalue weighted by molar-refractivity contribution is 0.573. The predicted molar refractivity (Wildman–Crippen MR) is 64.9 cm³/mol. The molecule has 2 rings (SSSR count). The van der Waals surface area contributed by atoms with Crippen LogP contribution in [0.15, 0.2) is 12.3 Å². The van der Waals surface area contributed by atoms with Gasteiger partial charge in [0.25, 0.3) is 0 Å². The van der Waals surface area contributed by atoms with E-state index in [-0.39, 0.29) is 0 Å². The zero-order valence-electron chi connectivity index (χ0n) is 8.55. The van der Waals surface area contributed by atoms with E-state index in [1.165, 1.54) is 19.3 Å². The van der Waals surface area contributed by atoms with Gasteiger partial charge in [0, 0.05) is 25.2 Å². The zero-order valence-corrected chi connectivity index (χ0v) is 10.1. The third-order valence-electron chi connectivity index (χ3n) is 2.74. The fourth-order valence-corrected chi connectivity index (χ4v) is 2.33. The molecule has 0 amide bonds. The second kappa shape index (κ2) is 5.04. The van der Waals surface area contributed by atoms with E-state index in [0.717, 1.165) is 24.5 Å². The van der Waals surface area contributed by atoms with Gasteiger partial charge in [-0.25, -0.2) is 4.98 Å². The number of halogens is 2. The van der Waals surface area contributed by atoms with Crippen molar-refractivity contribution in [3.63, 3.8) is 0 Å². The molecular weight excluding hydrogens is 231 g/mol. The number of hydrogen-bond donors (Lipinski definition) is 0. The number of hydrogen-bond acceptors (Lipinski definition) is 2. The normalized spacial score (nSPS) is 16.8. The Labute approximate surface area is 100 Å². The molecular formula is C11H14Cl2N2. The van der Waals surface area contributed by atoms with Gasteiger partial charge < -0.3 is 4.90 Å². The highest BCUT2D eigenvalue weighted by Gasteiger charge is 2.13. The summed E-state index contributed by atoms with van der Waals surface area (Å²) >= 11 is 11.8. The van der Waals surface area contributed by atoms with Gasteiger partial charge in [-0.2, -0.15) is 0 Å². The Balaban J connectivity index is 2.20. The summed E-state index contributed by atoms with van der Waals surface area (Å²) in [6.45, 7) is 2.19. The first-order valence-electron chi connectivity index (χ1n) is 5.26. The summed E-state index contributed by atoms with van der Waals surface area (Å²) in [4.78, 5) is 6.65. The summed E-state index contributed by atoms with van der Waals surface area (Å²) in [6.07, 6.45) is 5.52. The van der Waals surface area contributed by atoms with Gasteiger partial charge in [0.15, 0.2) is 0 Å². The molecule has 0 spiro atoms. The van der Waals surface area contributed by atoms with Crippen LogP contribution in [0.3, 0.4) is 0 Å². The number of aromatic nitrogens is 1. The Morgan fingerprint density at radius 3 is 2.67 bits per heavy atom. The molecule has 2 nitrogen and oxygen atoms in total. The molecule has 0 aromatic carbocycles. The third-order valence-corrected chi connectivity index (χ3v) is 3.37. The van der Waals surface area contributed by atoms with Crippen LogP contribution in [0.2, 0.25) is 5.02 Å². The van der Waals surface area contributed by atoms with Crippen molar-refractivity contribution in [2.45, 2.75) is 25.1 Å². The van der Waals surface area contributed by atoms with E-state index in [1.54, 1.807) is 6.20 Å². The van der Waals surface area contributed by atoms with Crippen LogP contribution in [-0.4, -0.2) is 18.1 Å². The van der Waals surface area contributed by atoms with Crippen molar-refractivity contribution in [1.29, 1.82) is 0 Å². The topological polar surface area (TPSA) is 16.1 Å².